The topological polar surface area (TPSA) is 200 Å². The van der Waals surface area contributed by atoms with E-state index in [9.17, 15) is 24.3 Å². The van der Waals surface area contributed by atoms with Crippen LogP contribution in [0.15, 0.2) is 12.5 Å². The van der Waals surface area contributed by atoms with Gasteiger partial charge in [-0.15, -0.1) is 0 Å². The van der Waals surface area contributed by atoms with Crippen molar-refractivity contribution in [1.29, 1.82) is 0 Å². The lowest BCUT2D eigenvalue weighted by atomic mass is 10.0. The molecule has 12 nitrogen and oxygen atoms in total. The van der Waals surface area contributed by atoms with Gasteiger partial charge >= 0.3 is 5.97 Å². The van der Waals surface area contributed by atoms with Crippen molar-refractivity contribution in [2.24, 2.45) is 11.7 Å². The maximum atomic E-state index is 12.5. The van der Waals surface area contributed by atoms with Crippen molar-refractivity contribution >= 4 is 23.7 Å². The summed E-state index contributed by atoms with van der Waals surface area (Å²) in [6, 6.07) is -4.50. The number of nitrogens with zero attached hydrogens (tertiary/aromatic N) is 1. The molecule has 0 aliphatic rings. The molecule has 12 heteroatoms. The molecule has 1 rings (SSSR count). The molecular formula is C18H30N6O6. The minimum absolute atomic E-state index is 0.00572. The lowest BCUT2D eigenvalue weighted by Gasteiger charge is -2.24. The Hall–Kier alpha value is -2.99. The number of nitrogens with one attached hydrogen (secondary N) is 4. The average molecular weight is 426 g/mol. The molecule has 1 aromatic heterocycles. The third-order valence-corrected chi connectivity index (χ3v) is 4.22. The molecule has 4 unspecified atom stereocenters. The Morgan fingerprint density at radius 1 is 1.07 bits per heavy atom. The number of carboxylic acids is 1. The lowest BCUT2D eigenvalue weighted by molar-refractivity contribution is -0.142. The van der Waals surface area contributed by atoms with Gasteiger partial charge in [-0.3, -0.25) is 19.2 Å². The van der Waals surface area contributed by atoms with Crippen molar-refractivity contribution in [2.75, 3.05) is 6.61 Å². The molecule has 0 saturated heterocycles. The van der Waals surface area contributed by atoms with Crippen LogP contribution in [0, 0.1) is 5.92 Å². The van der Waals surface area contributed by atoms with E-state index in [1.54, 1.807) is 0 Å². The van der Waals surface area contributed by atoms with E-state index >= 15 is 0 Å². The quantitative estimate of drug-likeness (QED) is 0.196. The Bertz CT molecular complexity index is 723. The van der Waals surface area contributed by atoms with Crippen molar-refractivity contribution in [1.82, 2.24) is 25.9 Å². The number of imidazole rings is 1. The van der Waals surface area contributed by atoms with Crippen LogP contribution in [0.5, 0.6) is 0 Å². The molecule has 1 aromatic rings. The van der Waals surface area contributed by atoms with E-state index in [2.05, 4.69) is 25.9 Å². The molecule has 0 fully saturated rings. The van der Waals surface area contributed by atoms with Gasteiger partial charge in [-0.05, 0) is 19.3 Å². The van der Waals surface area contributed by atoms with E-state index in [4.69, 9.17) is 10.8 Å². The third-order valence-electron chi connectivity index (χ3n) is 4.22. The first-order valence-electron chi connectivity index (χ1n) is 9.52. The van der Waals surface area contributed by atoms with E-state index in [0.717, 1.165) is 0 Å². The molecule has 1 heterocycles. The molecule has 0 aromatic carbocycles. The Morgan fingerprint density at radius 2 is 1.67 bits per heavy atom. The second kappa shape index (κ2) is 11.9. The summed E-state index contributed by atoms with van der Waals surface area (Å²) in [7, 11) is 0. The highest BCUT2D eigenvalue weighted by Crippen LogP contribution is 2.06. The summed E-state index contributed by atoms with van der Waals surface area (Å²) in [4.78, 5) is 54.7. The third kappa shape index (κ3) is 8.17. The monoisotopic (exact) mass is 426 g/mol. The summed E-state index contributed by atoms with van der Waals surface area (Å²) < 4.78 is 0. The molecule has 0 aliphatic carbocycles. The summed E-state index contributed by atoms with van der Waals surface area (Å²) in [5, 5.41) is 25.6. The van der Waals surface area contributed by atoms with Gasteiger partial charge in [0.1, 0.15) is 18.1 Å². The number of H-pyrrole nitrogens is 1. The van der Waals surface area contributed by atoms with Crippen molar-refractivity contribution in [3.05, 3.63) is 18.2 Å². The molecule has 0 bridgehead atoms. The molecule has 0 radical (unpaired) electrons. The number of hydrogen-bond donors (Lipinski definition) is 7. The van der Waals surface area contributed by atoms with Crippen LogP contribution in [0.25, 0.3) is 0 Å². The van der Waals surface area contributed by atoms with Gasteiger partial charge < -0.3 is 36.9 Å². The molecule has 0 spiro atoms. The smallest absolute Gasteiger partial charge is 0.325 e. The second-order valence-corrected chi connectivity index (χ2v) is 7.39. The number of aliphatic carboxylic acids is 1. The predicted octanol–water partition coefficient (Wildman–Crippen LogP) is -2.12. The molecule has 0 saturated carbocycles. The Balaban J connectivity index is 2.74. The highest BCUT2D eigenvalue weighted by Gasteiger charge is 2.29. The van der Waals surface area contributed by atoms with E-state index in [1.807, 2.05) is 13.8 Å². The number of aromatic nitrogens is 2. The van der Waals surface area contributed by atoms with Gasteiger partial charge in [0, 0.05) is 18.3 Å². The number of hydrogen-bond acceptors (Lipinski definition) is 7. The minimum atomic E-state index is -1.33. The van der Waals surface area contributed by atoms with Crippen LogP contribution in [0.3, 0.4) is 0 Å². The molecular weight excluding hydrogens is 396 g/mol. The number of carboxylic acid groups (broad SMARTS) is 1. The normalized spacial score (nSPS) is 15.0. The van der Waals surface area contributed by atoms with Gasteiger partial charge in [0.2, 0.25) is 17.7 Å². The largest absolute Gasteiger partial charge is 0.480 e. The maximum absolute atomic E-state index is 12.5. The summed E-state index contributed by atoms with van der Waals surface area (Å²) in [5.74, 6) is -3.34. The van der Waals surface area contributed by atoms with E-state index in [-0.39, 0.29) is 18.8 Å². The highest BCUT2D eigenvalue weighted by molar-refractivity contribution is 5.94. The zero-order valence-corrected chi connectivity index (χ0v) is 17.2. The fourth-order valence-corrected chi connectivity index (χ4v) is 2.55. The summed E-state index contributed by atoms with van der Waals surface area (Å²) in [6.07, 6.45) is 3.33. The summed E-state index contributed by atoms with van der Waals surface area (Å²) in [6.45, 7) is 4.24. The number of carbonyl (C=O) groups is 4. The number of amides is 3. The van der Waals surface area contributed by atoms with Gasteiger partial charge in [-0.2, -0.15) is 0 Å². The number of aliphatic hydroxyl groups is 1. The van der Waals surface area contributed by atoms with Crippen molar-refractivity contribution in [3.8, 4) is 0 Å². The van der Waals surface area contributed by atoms with Gasteiger partial charge in [0.15, 0.2) is 0 Å². The first kappa shape index (κ1) is 25.0. The van der Waals surface area contributed by atoms with Crippen LogP contribution in [-0.2, 0) is 25.6 Å². The summed E-state index contributed by atoms with van der Waals surface area (Å²) in [5.41, 5.74) is 6.45. The number of aliphatic hydroxyl groups excluding tert-OH is 1. The van der Waals surface area contributed by atoms with Crippen LogP contribution < -0.4 is 21.7 Å². The van der Waals surface area contributed by atoms with Crippen molar-refractivity contribution in [2.45, 2.75) is 57.8 Å². The number of carbonyl (C=O) groups excluding carboxylic acids is 3. The fourth-order valence-electron chi connectivity index (χ4n) is 2.55. The molecule has 168 valence electrons. The van der Waals surface area contributed by atoms with E-state index < -0.39 is 54.5 Å². The second-order valence-electron chi connectivity index (χ2n) is 7.39. The van der Waals surface area contributed by atoms with E-state index in [1.165, 1.54) is 19.4 Å². The van der Waals surface area contributed by atoms with Crippen LogP contribution in [0.2, 0.25) is 0 Å². The standard InChI is InChI=1S/C18H30N6O6/c1-9(2)4-13(16(27)22-10(3)18(29)30)23-17(28)14(7-25)24-15(26)12(19)5-11-6-20-8-21-11/h6,8-10,12-14,25H,4-5,7,19H2,1-3H3,(H,20,21)(H,22,27)(H,23,28)(H,24,26)(H,29,30). The first-order chi connectivity index (χ1) is 14.0. The van der Waals surface area contributed by atoms with Crippen LogP contribution in [0.1, 0.15) is 32.9 Å². The minimum Gasteiger partial charge on any atom is -0.480 e. The molecule has 4 atom stereocenters. The SMILES string of the molecule is CC(C)CC(NC(=O)C(CO)NC(=O)C(N)Cc1cnc[nH]1)C(=O)NC(C)C(=O)O. The average Bonchev–Trinajstić information content (AvgIpc) is 3.17. The van der Waals surface area contributed by atoms with Gasteiger partial charge in [-0.1, -0.05) is 13.8 Å². The fraction of sp³-hybridized carbons (Fsp3) is 0.611. The Morgan fingerprint density at radius 3 is 2.17 bits per heavy atom. The lowest BCUT2D eigenvalue weighted by Crippen LogP contribution is -2.58. The van der Waals surface area contributed by atoms with Crippen molar-refractivity contribution in [3.63, 3.8) is 0 Å². The van der Waals surface area contributed by atoms with Crippen LogP contribution in [0.4, 0.5) is 0 Å². The predicted molar refractivity (Wildman–Crippen MR) is 106 cm³/mol. The number of aromatic amines is 1. The number of nitrogens with two attached hydrogens (primary N) is 1. The molecule has 8 N–H and O–H groups in total. The van der Waals surface area contributed by atoms with Crippen molar-refractivity contribution < 1.29 is 29.4 Å². The van der Waals surface area contributed by atoms with Crippen LogP contribution in [-0.4, -0.2) is 74.6 Å². The first-order valence-corrected chi connectivity index (χ1v) is 9.52. The molecule has 3 amide bonds. The van der Waals surface area contributed by atoms with E-state index in [0.29, 0.717) is 5.69 Å². The molecule has 30 heavy (non-hydrogen) atoms. The zero-order chi connectivity index (χ0) is 22.8. The van der Waals surface area contributed by atoms with Gasteiger partial charge in [0.25, 0.3) is 0 Å². The maximum Gasteiger partial charge on any atom is 0.325 e. The van der Waals surface area contributed by atoms with Gasteiger partial charge in [0.05, 0.1) is 19.0 Å². The zero-order valence-electron chi connectivity index (χ0n) is 17.2. The Kier molecular flexibility index (Phi) is 9.92. The Labute approximate surface area is 174 Å². The molecule has 0 aliphatic heterocycles. The summed E-state index contributed by atoms with van der Waals surface area (Å²) >= 11 is 0. The highest BCUT2D eigenvalue weighted by atomic mass is 16.4. The van der Waals surface area contributed by atoms with Gasteiger partial charge in [-0.25, -0.2) is 4.98 Å². The van der Waals surface area contributed by atoms with Crippen LogP contribution >= 0.6 is 0 Å². The number of rotatable bonds is 12.